The Labute approximate surface area is 275 Å². The molecule has 0 aromatic heterocycles. The van der Waals surface area contributed by atoms with Crippen LogP contribution in [0.4, 0.5) is 4.79 Å². The van der Waals surface area contributed by atoms with E-state index < -0.39 is 33.7 Å². The molecule has 3 aromatic carbocycles. The zero-order chi connectivity index (χ0) is 34.3. The van der Waals surface area contributed by atoms with Crippen molar-refractivity contribution in [2.24, 2.45) is 10.7 Å². The van der Waals surface area contributed by atoms with Crippen LogP contribution in [0.5, 0.6) is 5.75 Å². The minimum atomic E-state index is -4.07. The molecule has 1 amide bonds. The van der Waals surface area contributed by atoms with Crippen molar-refractivity contribution in [2.45, 2.75) is 76.3 Å². The lowest BCUT2D eigenvalue weighted by atomic mass is 9.94. The van der Waals surface area contributed by atoms with Crippen molar-refractivity contribution >= 4 is 28.0 Å². The van der Waals surface area contributed by atoms with Crippen molar-refractivity contribution in [3.05, 3.63) is 81.9 Å². The van der Waals surface area contributed by atoms with Gasteiger partial charge in [0.1, 0.15) is 24.0 Å². The molecule has 5 rings (SSSR count). The molecular weight excluding hydrogens is 620 g/mol. The average Bonchev–Trinajstić information content (AvgIpc) is 3.52. The summed E-state index contributed by atoms with van der Waals surface area (Å²) in [6.45, 7) is 9.36. The van der Waals surface area contributed by atoms with Gasteiger partial charge in [0.2, 0.25) is 5.96 Å². The van der Waals surface area contributed by atoms with Gasteiger partial charge in [0.15, 0.2) is 0 Å². The molecule has 0 bridgehead atoms. The van der Waals surface area contributed by atoms with E-state index in [-0.39, 0.29) is 42.8 Å². The number of aliphatic imine (C=N–C) groups is 1. The molecule has 11 nitrogen and oxygen atoms in total. The fourth-order valence-electron chi connectivity index (χ4n) is 6.66. The van der Waals surface area contributed by atoms with Crippen LogP contribution < -0.4 is 15.2 Å². The van der Waals surface area contributed by atoms with Gasteiger partial charge in [-0.1, -0.05) is 48.5 Å². The smallest absolute Gasteiger partial charge is 0.410 e. The Morgan fingerprint density at radius 1 is 1.06 bits per heavy atom. The highest BCUT2D eigenvalue weighted by Gasteiger charge is 2.37. The Morgan fingerprint density at radius 2 is 1.66 bits per heavy atom. The van der Waals surface area contributed by atoms with Crippen LogP contribution in [0.1, 0.15) is 66.0 Å². The SMILES string of the molecule is Cc1c(C)c(S(=O)(=O)NC(N)=NCCC[C@H](C(=O)O)N(C)C(=O)OCC2c3ccccc3-c3ccccc32)c(C)c2c1OC(C)(C)C2. The van der Waals surface area contributed by atoms with Crippen molar-refractivity contribution in [1.29, 1.82) is 0 Å². The Balaban J connectivity index is 1.18. The molecule has 4 N–H and O–H groups in total. The summed E-state index contributed by atoms with van der Waals surface area (Å²) < 4.78 is 41.0. The minimum Gasteiger partial charge on any atom is -0.487 e. The van der Waals surface area contributed by atoms with E-state index >= 15 is 0 Å². The summed E-state index contributed by atoms with van der Waals surface area (Å²) in [4.78, 5) is 30.4. The van der Waals surface area contributed by atoms with Gasteiger partial charge in [0.05, 0.1) is 4.90 Å². The molecule has 1 aliphatic heterocycles. The number of guanidine groups is 1. The predicted octanol–water partition coefficient (Wildman–Crippen LogP) is 5.03. The number of carbonyl (C=O) groups excluding carboxylic acids is 1. The number of ether oxygens (including phenoxy) is 2. The van der Waals surface area contributed by atoms with Crippen LogP contribution in [0.15, 0.2) is 58.4 Å². The fraction of sp³-hybridized carbons (Fsp3) is 0.400. The van der Waals surface area contributed by atoms with Gasteiger partial charge in [-0.25, -0.2) is 22.7 Å². The summed E-state index contributed by atoms with van der Waals surface area (Å²) in [6.07, 6.45) is 0.107. The molecule has 0 spiro atoms. The van der Waals surface area contributed by atoms with E-state index in [1.165, 1.54) is 7.05 Å². The van der Waals surface area contributed by atoms with Gasteiger partial charge in [0, 0.05) is 31.5 Å². The normalized spacial score (nSPS) is 15.7. The summed E-state index contributed by atoms with van der Waals surface area (Å²) >= 11 is 0. The molecule has 0 saturated carbocycles. The van der Waals surface area contributed by atoms with Crippen LogP contribution in [0.3, 0.4) is 0 Å². The number of nitrogens with zero attached hydrogens (tertiary/aromatic N) is 2. The van der Waals surface area contributed by atoms with E-state index in [1.54, 1.807) is 13.8 Å². The number of benzene rings is 3. The summed E-state index contributed by atoms with van der Waals surface area (Å²) in [7, 11) is -2.68. The zero-order valence-electron chi connectivity index (χ0n) is 27.6. The summed E-state index contributed by atoms with van der Waals surface area (Å²) in [5, 5.41) is 9.88. The molecule has 0 saturated heterocycles. The Morgan fingerprint density at radius 3 is 2.26 bits per heavy atom. The minimum absolute atomic E-state index is 0.0415. The van der Waals surface area contributed by atoms with Gasteiger partial charge in [-0.3, -0.25) is 9.89 Å². The standard InChI is InChI=1S/C35H42N4O7S/c1-20-21(2)31(22(3)27-18-35(4,5)46-30(20)27)47(43,44)38-33(36)37-17-11-16-29(32(40)41)39(6)34(42)45-19-28-25-14-9-7-12-23(25)24-13-8-10-15-26(24)28/h7-10,12-15,28-29H,11,16-19H2,1-6H3,(H,40,41)(H3,36,37,38)/t29-/m1/s1. The summed E-state index contributed by atoms with van der Waals surface area (Å²) in [5.41, 5.74) is 12.6. The first kappa shape index (κ1) is 33.8. The highest BCUT2D eigenvalue weighted by Crippen LogP contribution is 2.45. The first-order valence-electron chi connectivity index (χ1n) is 15.6. The maximum atomic E-state index is 13.4. The van der Waals surface area contributed by atoms with Crippen molar-refractivity contribution in [2.75, 3.05) is 20.2 Å². The van der Waals surface area contributed by atoms with Gasteiger partial charge in [-0.2, -0.15) is 0 Å². The quantitative estimate of drug-likeness (QED) is 0.155. The molecule has 0 unspecified atom stereocenters. The van der Waals surface area contributed by atoms with Crippen LogP contribution in [0.2, 0.25) is 0 Å². The molecular formula is C35H42N4O7S. The van der Waals surface area contributed by atoms with Crippen LogP contribution in [0, 0.1) is 20.8 Å². The number of nitrogens with two attached hydrogens (primary N) is 1. The largest absolute Gasteiger partial charge is 0.487 e. The van der Waals surface area contributed by atoms with Crippen molar-refractivity contribution in [3.8, 4) is 16.9 Å². The van der Waals surface area contributed by atoms with Crippen molar-refractivity contribution in [3.63, 3.8) is 0 Å². The second-order valence-electron chi connectivity index (χ2n) is 12.8. The fourth-order valence-corrected chi connectivity index (χ4v) is 8.18. The first-order chi connectivity index (χ1) is 22.1. The number of carboxylic acids is 1. The molecule has 1 aliphatic carbocycles. The molecule has 2 aliphatic rings. The van der Waals surface area contributed by atoms with E-state index in [9.17, 15) is 23.1 Å². The Bertz CT molecular complexity index is 1820. The predicted molar refractivity (Wildman–Crippen MR) is 179 cm³/mol. The number of amides is 1. The number of sulfonamides is 1. The molecule has 0 radical (unpaired) electrons. The number of fused-ring (bicyclic) bond motifs is 4. The molecule has 47 heavy (non-hydrogen) atoms. The maximum absolute atomic E-state index is 13.4. The second kappa shape index (κ2) is 12.9. The topological polar surface area (TPSA) is 161 Å². The van der Waals surface area contributed by atoms with Crippen molar-refractivity contribution < 1.29 is 32.6 Å². The van der Waals surface area contributed by atoms with E-state index in [0.717, 1.165) is 44.0 Å². The third-order valence-corrected chi connectivity index (χ3v) is 10.7. The van der Waals surface area contributed by atoms with Gasteiger partial charge in [-0.05, 0) is 86.4 Å². The lowest BCUT2D eigenvalue weighted by Gasteiger charge is -2.25. The number of aliphatic carboxylic acids is 1. The maximum Gasteiger partial charge on any atom is 0.410 e. The number of hydrogen-bond acceptors (Lipinski definition) is 7. The summed E-state index contributed by atoms with van der Waals surface area (Å²) in [6, 6.07) is 14.7. The highest BCUT2D eigenvalue weighted by atomic mass is 32.2. The lowest BCUT2D eigenvalue weighted by Crippen LogP contribution is -2.43. The zero-order valence-corrected chi connectivity index (χ0v) is 28.4. The van der Waals surface area contributed by atoms with Gasteiger partial charge < -0.3 is 20.3 Å². The van der Waals surface area contributed by atoms with E-state index in [1.807, 2.05) is 69.3 Å². The summed E-state index contributed by atoms with van der Waals surface area (Å²) in [5.74, 6) is -0.932. The number of nitrogens with one attached hydrogen (secondary N) is 1. The second-order valence-corrected chi connectivity index (χ2v) is 14.5. The third kappa shape index (κ3) is 6.64. The number of rotatable bonds is 10. The lowest BCUT2D eigenvalue weighted by molar-refractivity contribution is -0.142. The van der Waals surface area contributed by atoms with E-state index in [4.69, 9.17) is 15.2 Å². The Hall–Kier alpha value is -4.58. The van der Waals surface area contributed by atoms with Gasteiger partial charge >= 0.3 is 12.1 Å². The molecule has 1 atom stereocenters. The van der Waals surface area contributed by atoms with Gasteiger partial charge in [0.25, 0.3) is 10.0 Å². The van der Waals surface area contributed by atoms with Crippen LogP contribution >= 0.6 is 0 Å². The van der Waals surface area contributed by atoms with Crippen LogP contribution in [-0.2, 0) is 26.0 Å². The van der Waals surface area contributed by atoms with E-state index in [0.29, 0.717) is 17.5 Å². The van der Waals surface area contributed by atoms with Crippen LogP contribution in [0.25, 0.3) is 11.1 Å². The van der Waals surface area contributed by atoms with Crippen LogP contribution in [-0.4, -0.2) is 68.3 Å². The number of carboxylic acid groups (broad SMARTS) is 1. The number of hydrogen-bond donors (Lipinski definition) is 3. The highest BCUT2D eigenvalue weighted by molar-refractivity contribution is 7.90. The number of carbonyl (C=O) groups is 2. The molecule has 3 aromatic rings. The van der Waals surface area contributed by atoms with E-state index in [2.05, 4.69) is 9.71 Å². The molecule has 12 heteroatoms. The first-order valence-corrected chi connectivity index (χ1v) is 17.1. The third-order valence-electron chi connectivity index (χ3n) is 9.09. The number of likely N-dealkylation sites (N-methyl/N-ethyl adjacent to an activating group) is 1. The average molecular weight is 663 g/mol. The van der Waals surface area contributed by atoms with Crippen molar-refractivity contribution in [1.82, 2.24) is 9.62 Å². The molecule has 1 heterocycles. The molecule has 0 fully saturated rings. The monoisotopic (exact) mass is 662 g/mol. The van der Waals surface area contributed by atoms with Gasteiger partial charge in [-0.15, -0.1) is 0 Å². The Kier molecular flexibility index (Phi) is 9.27. The molecule has 250 valence electrons.